The van der Waals surface area contributed by atoms with Gasteiger partial charge in [-0.25, -0.2) is 0 Å². The maximum atomic E-state index is 10.1. The van der Waals surface area contributed by atoms with Gasteiger partial charge in [0.1, 0.15) is 17.6 Å². The van der Waals surface area contributed by atoms with Gasteiger partial charge in [0.2, 0.25) is 0 Å². The van der Waals surface area contributed by atoms with Crippen LogP contribution < -0.4 is 0 Å². The van der Waals surface area contributed by atoms with Gasteiger partial charge in [-0.1, -0.05) is 13.0 Å². The molecule has 3 nitrogen and oxygen atoms in total. The summed E-state index contributed by atoms with van der Waals surface area (Å²) < 4.78 is 5.72. The number of nitrogens with zero attached hydrogens (tertiary/aromatic N) is 1. The van der Waals surface area contributed by atoms with E-state index in [0.29, 0.717) is 17.6 Å². The van der Waals surface area contributed by atoms with Crippen LogP contribution in [0, 0.1) is 5.92 Å². The Labute approximate surface area is 100 Å². The van der Waals surface area contributed by atoms with Crippen molar-refractivity contribution in [2.45, 2.75) is 25.4 Å². The highest BCUT2D eigenvalue weighted by atomic mass is 16.4. The molecule has 3 atom stereocenters. The van der Waals surface area contributed by atoms with E-state index in [2.05, 4.69) is 11.9 Å². The quantitative estimate of drug-likeness (QED) is 0.880. The number of aliphatic hydroxyl groups is 1. The summed E-state index contributed by atoms with van der Waals surface area (Å²) in [6, 6.07) is 7.49. The molecular weight excluding hydrogens is 214 g/mol. The average molecular weight is 229 g/mol. The van der Waals surface area contributed by atoms with Crippen LogP contribution in [0.2, 0.25) is 0 Å². The molecule has 2 aromatic rings. The Morgan fingerprint density at radius 2 is 2.24 bits per heavy atom. The van der Waals surface area contributed by atoms with Gasteiger partial charge in [-0.15, -0.1) is 0 Å². The van der Waals surface area contributed by atoms with Crippen LogP contribution in [0.3, 0.4) is 0 Å². The molecule has 1 saturated carbocycles. The lowest BCUT2D eigenvalue weighted by Gasteiger charge is -2.06. The zero-order valence-electron chi connectivity index (χ0n) is 9.71. The van der Waals surface area contributed by atoms with Crippen LogP contribution in [0.4, 0.5) is 0 Å². The summed E-state index contributed by atoms with van der Waals surface area (Å²) in [6.07, 6.45) is 3.82. The summed E-state index contributed by atoms with van der Waals surface area (Å²) in [5.74, 6) is 2.86. The second-order valence-corrected chi connectivity index (χ2v) is 4.75. The zero-order chi connectivity index (χ0) is 11.8. The monoisotopic (exact) mass is 229 g/mol. The summed E-state index contributed by atoms with van der Waals surface area (Å²) in [4.78, 5) is 4.00. The Bertz CT molecular complexity index is 506. The third-order valence-electron chi connectivity index (χ3n) is 3.39. The summed E-state index contributed by atoms with van der Waals surface area (Å²) in [6.45, 7) is 2.21. The first-order valence-electron chi connectivity index (χ1n) is 5.93. The standard InChI is InChI=1S/C14H15NO2/c1-9-7-11(9)12-4-5-13(17-12)14(16)10-3-2-6-15-8-10/h2-6,8-9,11,14,16H,7H2,1H3. The maximum absolute atomic E-state index is 10.1. The summed E-state index contributed by atoms with van der Waals surface area (Å²) in [7, 11) is 0. The Hall–Kier alpha value is -1.61. The van der Waals surface area contributed by atoms with Gasteiger partial charge in [0, 0.05) is 23.9 Å². The smallest absolute Gasteiger partial charge is 0.138 e. The molecular formula is C14H15NO2. The number of rotatable bonds is 3. The molecule has 0 aromatic carbocycles. The van der Waals surface area contributed by atoms with Crippen molar-refractivity contribution in [2.24, 2.45) is 5.92 Å². The first-order chi connectivity index (χ1) is 8.25. The van der Waals surface area contributed by atoms with Crippen molar-refractivity contribution in [1.29, 1.82) is 0 Å². The van der Waals surface area contributed by atoms with Crippen LogP contribution in [0.25, 0.3) is 0 Å². The van der Waals surface area contributed by atoms with Crippen molar-refractivity contribution in [3.63, 3.8) is 0 Å². The van der Waals surface area contributed by atoms with Gasteiger partial charge in [0.25, 0.3) is 0 Å². The highest BCUT2D eigenvalue weighted by Crippen LogP contribution is 2.47. The molecule has 3 heteroatoms. The maximum Gasteiger partial charge on any atom is 0.138 e. The van der Waals surface area contributed by atoms with Gasteiger partial charge in [0.05, 0.1) is 0 Å². The fourth-order valence-corrected chi connectivity index (χ4v) is 2.14. The Morgan fingerprint density at radius 1 is 1.41 bits per heavy atom. The summed E-state index contributed by atoms with van der Waals surface area (Å²) >= 11 is 0. The van der Waals surface area contributed by atoms with E-state index >= 15 is 0 Å². The van der Waals surface area contributed by atoms with E-state index in [-0.39, 0.29) is 0 Å². The van der Waals surface area contributed by atoms with Gasteiger partial charge in [-0.05, 0) is 30.5 Å². The van der Waals surface area contributed by atoms with Crippen LogP contribution in [0.1, 0.15) is 42.5 Å². The second kappa shape index (κ2) is 4.00. The van der Waals surface area contributed by atoms with E-state index in [4.69, 9.17) is 4.42 Å². The van der Waals surface area contributed by atoms with Gasteiger partial charge < -0.3 is 9.52 Å². The summed E-state index contributed by atoms with van der Waals surface area (Å²) in [5, 5.41) is 10.1. The fourth-order valence-electron chi connectivity index (χ4n) is 2.14. The van der Waals surface area contributed by atoms with Crippen molar-refractivity contribution in [2.75, 3.05) is 0 Å². The van der Waals surface area contributed by atoms with Crippen LogP contribution in [0.15, 0.2) is 41.1 Å². The first kappa shape index (κ1) is 10.5. The molecule has 1 N–H and O–H groups in total. The number of hydrogen-bond donors (Lipinski definition) is 1. The molecule has 17 heavy (non-hydrogen) atoms. The van der Waals surface area contributed by atoms with Crippen molar-refractivity contribution < 1.29 is 9.52 Å². The van der Waals surface area contributed by atoms with E-state index in [1.807, 2.05) is 24.3 Å². The first-order valence-corrected chi connectivity index (χ1v) is 5.93. The molecule has 2 heterocycles. The molecule has 2 aromatic heterocycles. The molecule has 0 bridgehead atoms. The second-order valence-electron chi connectivity index (χ2n) is 4.75. The van der Waals surface area contributed by atoms with Gasteiger partial charge in [-0.2, -0.15) is 0 Å². The third-order valence-corrected chi connectivity index (χ3v) is 3.39. The van der Waals surface area contributed by atoms with Crippen LogP contribution in [-0.4, -0.2) is 10.1 Å². The van der Waals surface area contributed by atoms with Crippen molar-refractivity contribution in [3.05, 3.63) is 53.7 Å². The van der Waals surface area contributed by atoms with E-state index in [0.717, 1.165) is 11.3 Å². The summed E-state index contributed by atoms with van der Waals surface area (Å²) in [5.41, 5.74) is 0.761. The normalized spacial score (nSPS) is 24.6. The number of hydrogen-bond acceptors (Lipinski definition) is 3. The molecule has 1 aliphatic rings. The van der Waals surface area contributed by atoms with E-state index in [1.54, 1.807) is 12.4 Å². The van der Waals surface area contributed by atoms with E-state index in [9.17, 15) is 5.11 Å². The molecule has 0 saturated heterocycles. The van der Waals surface area contributed by atoms with Crippen molar-refractivity contribution in [1.82, 2.24) is 4.98 Å². The van der Waals surface area contributed by atoms with Crippen molar-refractivity contribution >= 4 is 0 Å². The van der Waals surface area contributed by atoms with Crippen LogP contribution >= 0.6 is 0 Å². The molecule has 0 aliphatic heterocycles. The fraction of sp³-hybridized carbons (Fsp3) is 0.357. The zero-order valence-corrected chi connectivity index (χ0v) is 9.71. The molecule has 3 rings (SSSR count). The van der Waals surface area contributed by atoms with Crippen molar-refractivity contribution in [3.8, 4) is 0 Å². The lowest BCUT2D eigenvalue weighted by molar-refractivity contribution is 0.186. The molecule has 0 amide bonds. The molecule has 88 valence electrons. The third kappa shape index (κ3) is 1.98. The van der Waals surface area contributed by atoms with Gasteiger partial charge in [0.15, 0.2) is 0 Å². The number of pyridine rings is 1. The minimum atomic E-state index is -0.716. The van der Waals surface area contributed by atoms with E-state index in [1.165, 1.54) is 6.42 Å². The number of aliphatic hydroxyl groups excluding tert-OH is 1. The highest BCUT2D eigenvalue weighted by Gasteiger charge is 2.36. The minimum absolute atomic E-state index is 0.546. The Kier molecular flexibility index (Phi) is 2.48. The number of aromatic nitrogens is 1. The van der Waals surface area contributed by atoms with Gasteiger partial charge in [-0.3, -0.25) is 4.98 Å². The molecule has 1 fully saturated rings. The molecule has 1 aliphatic carbocycles. The highest BCUT2D eigenvalue weighted by molar-refractivity contribution is 5.25. The predicted octanol–water partition coefficient (Wildman–Crippen LogP) is 2.88. The molecule has 3 unspecified atom stereocenters. The SMILES string of the molecule is CC1CC1c1ccc(C(O)c2cccnc2)o1. The number of furan rings is 1. The molecule has 0 radical (unpaired) electrons. The Morgan fingerprint density at radius 3 is 2.88 bits per heavy atom. The predicted molar refractivity (Wildman–Crippen MR) is 63.5 cm³/mol. The lowest BCUT2D eigenvalue weighted by atomic mass is 10.1. The Balaban J connectivity index is 1.82. The largest absolute Gasteiger partial charge is 0.463 e. The van der Waals surface area contributed by atoms with Crippen LogP contribution in [0.5, 0.6) is 0 Å². The lowest BCUT2D eigenvalue weighted by Crippen LogP contribution is -1.98. The van der Waals surface area contributed by atoms with Gasteiger partial charge >= 0.3 is 0 Å². The minimum Gasteiger partial charge on any atom is -0.463 e. The average Bonchev–Trinajstić information content (AvgIpc) is 2.92. The molecule has 0 spiro atoms. The topological polar surface area (TPSA) is 46.3 Å². The van der Waals surface area contributed by atoms with E-state index < -0.39 is 6.10 Å². The van der Waals surface area contributed by atoms with Crippen LogP contribution in [-0.2, 0) is 0 Å².